The SMILES string of the molecule is CC.CCCC(CC)Nc1ccc(N)cc1-c1nnn(Cc2ccccc2F)n1. The molecule has 0 radical (unpaired) electrons. The molecule has 1 aromatic heterocycles. The summed E-state index contributed by atoms with van der Waals surface area (Å²) in [6.07, 6.45) is 3.20. The van der Waals surface area contributed by atoms with Crippen LogP contribution in [-0.4, -0.2) is 26.2 Å². The van der Waals surface area contributed by atoms with Crippen LogP contribution in [0.25, 0.3) is 11.4 Å². The Labute approximate surface area is 172 Å². The van der Waals surface area contributed by atoms with Crippen LogP contribution in [0.3, 0.4) is 0 Å². The highest BCUT2D eigenvalue weighted by Crippen LogP contribution is 2.28. The zero-order valence-electron chi connectivity index (χ0n) is 17.7. The van der Waals surface area contributed by atoms with E-state index >= 15 is 0 Å². The molecule has 0 spiro atoms. The van der Waals surface area contributed by atoms with E-state index < -0.39 is 0 Å². The molecule has 29 heavy (non-hydrogen) atoms. The van der Waals surface area contributed by atoms with E-state index in [0.717, 1.165) is 30.5 Å². The third kappa shape index (κ3) is 6.01. The summed E-state index contributed by atoms with van der Waals surface area (Å²) in [5.41, 5.74) is 8.84. The molecule has 3 rings (SSSR count). The Morgan fingerprint density at radius 1 is 1.14 bits per heavy atom. The summed E-state index contributed by atoms with van der Waals surface area (Å²) >= 11 is 0. The van der Waals surface area contributed by atoms with E-state index in [0.29, 0.717) is 23.1 Å². The van der Waals surface area contributed by atoms with Crippen LogP contribution in [0.1, 0.15) is 52.5 Å². The zero-order valence-corrected chi connectivity index (χ0v) is 17.7. The highest BCUT2D eigenvalue weighted by atomic mass is 19.1. The molecule has 0 aliphatic carbocycles. The Kier molecular flexibility index (Phi) is 8.58. The van der Waals surface area contributed by atoms with Crippen LogP contribution in [0.15, 0.2) is 42.5 Å². The number of halogens is 1. The fraction of sp³-hybridized carbons (Fsp3) is 0.409. The maximum Gasteiger partial charge on any atom is 0.207 e. The number of nitrogens with zero attached hydrogens (tertiary/aromatic N) is 4. The molecule has 2 aromatic carbocycles. The number of benzene rings is 2. The molecule has 1 heterocycles. The van der Waals surface area contributed by atoms with Gasteiger partial charge in [0.15, 0.2) is 0 Å². The average Bonchev–Trinajstić information content (AvgIpc) is 3.20. The van der Waals surface area contributed by atoms with Gasteiger partial charge in [0.25, 0.3) is 0 Å². The average molecular weight is 399 g/mol. The van der Waals surface area contributed by atoms with Gasteiger partial charge in [0.05, 0.1) is 6.54 Å². The lowest BCUT2D eigenvalue weighted by molar-refractivity contribution is 0.539. The van der Waals surface area contributed by atoms with E-state index in [9.17, 15) is 4.39 Å². The minimum absolute atomic E-state index is 0.220. The first kappa shape index (κ1) is 22.3. The summed E-state index contributed by atoms with van der Waals surface area (Å²) in [6, 6.07) is 12.6. The van der Waals surface area contributed by atoms with Crippen LogP contribution in [-0.2, 0) is 6.54 Å². The highest BCUT2D eigenvalue weighted by molar-refractivity contribution is 5.76. The van der Waals surface area contributed by atoms with E-state index in [-0.39, 0.29) is 12.4 Å². The van der Waals surface area contributed by atoms with E-state index in [2.05, 4.69) is 34.6 Å². The van der Waals surface area contributed by atoms with Crippen LogP contribution in [0.2, 0.25) is 0 Å². The van der Waals surface area contributed by atoms with Crippen molar-refractivity contribution in [2.75, 3.05) is 11.1 Å². The molecular weight excluding hydrogens is 367 g/mol. The van der Waals surface area contributed by atoms with Crippen molar-refractivity contribution in [1.29, 1.82) is 0 Å². The number of hydrogen-bond donors (Lipinski definition) is 2. The fourth-order valence-corrected chi connectivity index (χ4v) is 3.02. The van der Waals surface area contributed by atoms with Gasteiger partial charge >= 0.3 is 0 Å². The third-order valence-electron chi connectivity index (χ3n) is 4.50. The summed E-state index contributed by atoms with van der Waals surface area (Å²) in [4.78, 5) is 1.39. The molecule has 0 saturated carbocycles. The Morgan fingerprint density at radius 3 is 2.59 bits per heavy atom. The first-order valence-electron chi connectivity index (χ1n) is 10.3. The van der Waals surface area contributed by atoms with Crippen molar-refractivity contribution in [1.82, 2.24) is 20.2 Å². The van der Waals surface area contributed by atoms with Crippen molar-refractivity contribution in [2.24, 2.45) is 0 Å². The third-order valence-corrected chi connectivity index (χ3v) is 4.50. The van der Waals surface area contributed by atoms with Crippen molar-refractivity contribution >= 4 is 11.4 Å². The van der Waals surface area contributed by atoms with Gasteiger partial charge in [-0.25, -0.2) is 4.39 Å². The minimum atomic E-state index is -0.284. The second-order valence-electron chi connectivity index (χ2n) is 6.58. The number of aromatic nitrogens is 4. The Balaban J connectivity index is 0.00000145. The Hall–Kier alpha value is -2.96. The number of nitrogens with one attached hydrogen (secondary N) is 1. The molecule has 3 aromatic rings. The standard InChI is InChI=1S/C20H25FN6.C2H6/c1-3-7-16(4-2)23-19-11-10-15(22)12-17(19)20-24-26-27(25-20)13-14-8-5-6-9-18(14)21;1-2/h5-6,8-12,16,23H,3-4,7,13,22H2,1-2H3;1-2H3. The van der Waals surface area contributed by atoms with E-state index in [4.69, 9.17) is 5.73 Å². The number of anilines is 2. The Morgan fingerprint density at radius 2 is 1.90 bits per heavy atom. The lowest BCUT2D eigenvalue weighted by atomic mass is 10.1. The van der Waals surface area contributed by atoms with Gasteiger partial charge in [-0.1, -0.05) is 52.3 Å². The zero-order chi connectivity index (χ0) is 21.2. The van der Waals surface area contributed by atoms with Crippen LogP contribution in [0.5, 0.6) is 0 Å². The minimum Gasteiger partial charge on any atom is -0.399 e. The van der Waals surface area contributed by atoms with Crippen LogP contribution in [0.4, 0.5) is 15.8 Å². The van der Waals surface area contributed by atoms with Crippen LogP contribution in [0, 0.1) is 5.82 Å². The lowest BCUT2D eigenvalue weighted by Crippen LogP contribution is -2.18. The highest BCUT2D eigenvalue weighted by Gasteiger charge is 2.15. The first-order chi connectivity index (χ1) is 14.1. The van der Waals surface area contributed by atoms with Gasteiger partial charge in [0.2, 0.25) is 5.82 Å². The van der Waals surface area contributed by atoms with Crippen molar-refractivity contribution in [3.63, 3.8) is 0 Å². The van der Waals surface area contributed by atoms with Crippen molar-refractivity contribution in [3.05, 3.63) is 53.8 Å². The summed E-state index contributed by atoms with van der Waals surface area (Å²) in [6.45, 7) is 8.55. The predicted octanol–water partition coefficient (Wildman–Crippen LogP) is 5.13. The predicted molar refractivity (Wildman–Crippen MR) is 117 cm³/mol. The van der Waals surface area contributed by atoms with Gasteiger partial charge in [-0.05, 0) is 42.3 Å². The molecule has 3 N–H and O–H groups in total. The molecule has 0 aliphatic rings. The number of hydrogen-bond acceptors (Lipinski definition) is 5. The van der Waals surface area contributed by atoms with E-state index in [1.807, 2.05) is 32.0 Å². The largest absolute Gasteiger partial charge is 0.399 e. The molecule has 0 saturated heterocycles. The molecule has 7 heteroatoms. The quantitative estimate of drug-likeness (QED) is 0.514. The first-order valence-corrected chi connectivity index (χ1v) is 10.3. The molecule has 1 unspecified atom stereocenters. The number of rotatable bonds is 8. The topological polar surface area (TPSA) is 81.6 Å². The molecule has 0 amide bonds. The number of tetrazole rings is 1. The van der Waals surface area contributed by atoms with Crippen LogP contribution >= 0.6 is 0 Å². The second-order valence-corrected chi connectivity index (χ2v) is 6.58. The maximum atomic E-state index is 13.9. The van der Waals surface area contributed by atoms with Gasteiger partial charge in [0.1, 0.15) is 5.82 Å². The monoisotopic (exact) mass is 398 g/mol. The normalized spacial score (nSPS) is 11.5. The Bertz CT molecular complexity index is 893. The van der Waals surface area contributed by atoms with Crippen molar-refractivity contribution in [3.8, 4) is 11.4 Å². The van der Waals surface area contributed by atoms with Crippen molar-refractivity contribution < 1.29 is 4.39 Å². The summed E-state index contributed by atoms with van der Waals surface area (Å²) in [5, 5.41) is 16.2. The number of nitrogen functional groups attached to an aromatic ring is 1. The van der Waals surface area contributed by atoms with Crippen LogP contribution < -0.4 is 11.1 Å². The van der Waals surface area contributed by atoms with E-state index in [1.165, 1.54) is 10.9 Å². The summed E-state index contributed by atoms with van der Waals surface area (Å²) in [7, 11) is 0. The summed E-state index contributed by atoms with van der Waals surface area (Å²) < 4.78 is 13.9. The molecule has 0 aliphatic heterocycles. The van der Waals surface area contributed by atoms with Gasteiger partial charge in [0, 0.05) is 28.5 Å². The lowest BCUT2D eigenvalue weighted by Gasteiger charge is -2.19. The molecule has 0 fully saturated rings. The smallest absolute Gasteiger partial charge is 0.207 e. The number of nitrogens with two attached hydrogens (primary N) is 1. The van der Waals surface area contributed by atoms with Gasteiger partial charge < -0.3 is 11.1 Å². The molecule has 156 valence electrons. The molecule has 6 nitrogen and oxygen atoms in total. The van der Waals surface area contributed by atoms with Gasteiger partial charge in [-0.2, -0.15) is 4.80 Å². The second kappa shape index (κ2) is 11.1. The van der Waals surface area contributed by atoms with Gasteiger partial charge in [-0.15, -0.1) is 10.2 Å². The summed E-state index contributed by atoms with van der Waals surface area (Å²) in [5.74, 6) is 0.181. The van der Waals surface area contributed by atoms with Gasteiger partial charge in [-0.3, -0.25) is 0 Å². The molecule has 0 bridgehead atoms. The van der Waals surface area contributed by atoms with E-state index in [1.54, 1.807) is 18.2 Å². The fourth-order valence-electron chi connectivity index (χ4n) is 3.02. The van der Waals surface area contributed by atoms with Crippen molar-refractivity contribution in [2.45, 2.75) is 59.5 Å². The molecule has 1 atom stereocenters. The maximum absolute atomic E-state index is 13.9. The molecular formula is C22H31FN6.